The van der Waals surface area contributed by atoms with E-state index in [-0.39, 0.29) is 56.6 Å². The molecule has 0 aromatic carbocycles. The van der Waals surface area contributed by atoms with Gasteiger partial charge in [0.2, 0.25) is 0 Å². The molecule has 0 amide bonds. The molecule has 0 bridgehead atoms. The second kappa shape index (κ2) is 32.1. The van der Waals surface area contributed by atoms with Crippen molar-refractivity contribution in [1.82, 2.24) is 0 Å². The second-order valence-electron chi connectivity index (χ2n) is 1.00. The second-order valence-corrected chi connectivity index (χ2v) is 1.00. The summed E-state index contributed by atoms with van der Waals surface area (Å²) in [5.41, 5.74) is 0. The maximum absolute atomic E-state index is 2.99. The van der Waals surface area contributed by atoms with Gasteiger partial charge in [0.1, 0.15) is 0 Å². The SMILES string of the molecule is [C-]1=CC=CC1.[CH3-].[CH3-].[CH3-].[CH3-].[CH3-].[Ru+6]. The number of rotatable bonds is 0. The largest absolute Gasteiger partial charge is 6.00 e. The fraction of sp³-hybridized carbons (Fsp3) is 0.100. The quantitative estimate of drug-likeness (QED) is 0.449. The van der Waals surface area contributed by atoms with Gasteiger partial charge in [-0.05, 0) is 0 Å². The van der Waals surface area contributed by atoms with Crippen LogP contribution in [0.4, 0.5) is 0 Å². The van der Waals surface area contributed by atoms with E-state index >= 15 is 0 Å². The molecule has 0 atom stereocenters. The average Bonchev–Trinajstić information content (AvgIpc) is 1.76. The third-order valence-corrected chi connectivity index (χ3v) is 0.586. The van der Waals surface area contributed by atoms with Crippen LogP contribution in [-0.2, 0) is 19.5 Å². The molecular weight excluding hydrogens is 221 g/mol. The Morgan fingerprint density at radius 2 is 1.36 bits per heavy atom. The zero-order chi connectivity index (χ0) is 3.54. The molecule has 0 aromatic rings. The Labute approximate surface area is 87.6 Å². The molecule has 0 heterocycles. The van der Waals surface area contributed by atoms with E-state index in [9.17, 15) is 0 Å². The van der Waals surface area contributed by atoms with Gasteiger partial charge in [-0.15, -0.1) is 6.42 Å². The molecule has 11 heavy (non-hydrogen) atoms. The summed E-state index contributed by atoms with van der Waals surface area (Å²) in [4.78, 5) is 0. The van der Waals surface area contributed by atoms with Gasteiger partial charge in [0.05, 0.1) is 0 Å². The standard InChI is InChI=1S/C5H5.5CH3.Ru/c1-2-4-5-3-1;;;;;;/h1-3H,4H2;5*1H3;/q6*-1;+6. The van der Waals surface area contributed by atoms with Gasteiger partial charge in [-0.2, -0.15) is 6.08 Å². The first-order valence-corrected chi connectivity index (χ1v) is 1.72. The summed E-state index contributed by atoms with van der Waals surface area (Å²) in [6.07, 6.45) is 10.0. The summed E-state index contributed by atoms with van der Waals surface area (Å²) < 4.78 is 0. The molecule has 68 valence electrons. The van der Waals surface area contributed by atoms with Gasteiger partial charge in [0.25, 0.3) is 0 Å². The van der Waals surface area contributed by atoms with E-state index in [1.807, 2.05) is 12.2 Å². The molecule has 0 aromatic heterocycles. The maximum Gasteiger partial charge on any atom is 6.00 e. The van der Waals surface area contributed by atoms with E-state index in [0.717, 1.165) is 6.42 Å². The summed E-state index contributed by atoms with van der Waals surface area (Å²) >= 11 is 0. The van der Waals surface area contributed by atoms with Crippen LogP contribution in [0.2, 0.25) is 0 Å². The smallest absolute Gasteiger partial charge is 0.358 e. The van der Waals surface area contributed by atoms with Crippen LogP contribution >= 0.6 is 0 Å². The molecular formula is C10H20Ru. The minimum Gasteiger partial charge on any atom is -0.358 e. The van der Waals surface area contributed by atoms with Crippen LogP contribution in [0.5, 0.6) is 0 Å². The molecule has 1 aliphatic carbocycles. The van der Waals surface area contributed by atoms with Crippen molar-refractivity contribution in [2.75, 3.05) is 0 Å². The first-order valence-electron chi connectivity index (χ1n) is 1.72. The fourth-order valence-electron chi connectivity index (χ4n) is 0.340. The third kappa shape index (κ3) is 25.5. The number of allylic oxidation sites excluding steroid dienone is 4. The molecule has 0 radical (unpaired) electrons. The van der Waals surface area contributed by atoms with Crippen LogP contribution in [0.15, 0.2) is 18.2 Å². The summed E-state index contributed by atoms with van der Waals surface area (Å²) in [5.74, 6) is 0. The summed E-state index contributed by atoms with van der Waals surface area (Å²) in [7, 11) is 0. The van der Waals surface area contributed by atoms with Gasteiger partial charge in [-0.3, -0.25) is 6.08 Å². The molecule has 0 saturated carbocycles. The van der Waals surface area contributed by atoms with Crippen molar-refractivity contribution in [3.63, 3.8) is 0 Å². The van der Waals surface area contributed by atoms with Crippen molar-refractivity contribution in [3.05, 3.63) is 61.4 Å². The van der Waals surface area contributed by atoms with Crippen molar-refractivity contribution < 1.29 is 19.5 Å². The van der Waals surface area contributed by atoms with Crippen LogP contribution in [0.3, 0.4) is 0 Å². The molecule has 0 aliphatic heterocycles. The Bertz CT molecular complexity index is 62.9. The van der Waals surface area contributed by atoms with Crippen LogP contribution in [0.1, 0.15) is 6.42 Å². The van der Waals surface area contributed by atoms with Crippen LogP contribution < -0.4 is 0 Å². The molecule has 1 aliphatic rings. The monoisotopic (exact) mass is 242 g/mol. The summed E-state index contributed by atoms with van der Waals surface area (Å²) in [6.45, 7) is 0. The zero-order valence-electron chi connectivity index (χ0n) is 8.29. The summed E-state index contributed by atoms with van der Waals surface area (Å²) in [6, 6.07) is 0. The average molecular weight is 241 g/mol. The molecule has 0 N–H and O–H groups in total. The number of hydrogen-bond donors (Lipinski definition) is 0. The van der Waals surface area contributed by atoms with Crippen LogP contribution in [0.25, 0.3) is 0 Å². The summed E-state index contributed by atoms with van der Waals surface area (Å²) in [5, 5.41) is 0. The molecule has 0 nitrogen and oxygen atoms in total. The third-order valence-electron chi connectivity index (χ3n) is 0.586. The molecule has 0 saturated heterocycles. The minimum atomic E-state index is 0. The Kier molecular flexibility index (Phi) is 127. The topological polar surface area (TPSA) is 0 Å². The predicted molar refractivity (Wildman–Crippen MR) is 53.6 cm³/mol. The van der Waals surface area contributed by atoms with E-state index < -0.39 is 0 Å². The molecule has 0 spiro atoms. The van der Waals surface area contributed by atoms with Gasteiger partial charge < -0.3 is 37.1 Å². The Morgan fingerprint density at radius 1 is 0.909 bits per heavy atom. The first-order chi connectivity index (χ1) is 2.50. The van der Waals surface area contributed by atoms with Crippen molar-refractivity contribution in [2.45, 2.75) is 6.42 Å². The predicted octanol–water partition coefficient (Wildman–Crippen LogP) is 3.55. The van der Waals surface area contributed by atoms with E-state index in [0.29, 0.717) is 0 Å². The van der Waals surface area contributed by atoms with Gasteiger partial charge in [-0.1, -0.05) is 0 Å². The van der Waals surface area contributed by atoms with E-state index in [1.165, 1.54) is 0 Å². The Hall–Kier alpha value is 0.103. The minimum absolute atomic E-state index is 0. The maximum atomic E-state index is 2.99. The van der Waals surface area contributed by atoms with Crippen molar-refractivity contribution in [1.29, 1.82) is 0 Å². The van der Waals surface area contributed by atoms with Crippen molar-refractivity contribution in [2.24, 2.45) is 0 Å². The van der Waals surface area contributed by atoms with Gasteiger partial charge in [0.15, 0.2) is 0 Å². The van der Waals surface area contributed by atoms with E-state index in [2.05, 4.69) is 12.2 Å². The zero-order valence-corrected chi connectivity index (χ0v) is 10.0. The van der Waals surface area contributed by atoms with Gasteiger partial charge in [-0.25, -0.2) is 12.2 Å². The van der Waals surface area contributed by atoms with Gasteiger partial charge in [0, 0.05) is 0 Å². The molecule has 1 rings (SSSR count). The molecule has 0 unspecified atom stereocenters. The van der Waals surface area contributed by atoms with E-state index in [1.54, 1.807) is 0 Å². The molecule has 0 fully saturated rings. The Morgan fingerprint density at radius 3 is 1.45 bits per heavy atom. The van der Waals surface area contributed by atoms with Gasteiger partial charge >= 0.3 is 19.5 Å². The molecule has 1 heteroatoms. The van der Waals surface area contributed by atoms with Crippen LogP contribution in [0, 0.1) is 43.2 Å². The normalized spacial score (nSPS) is 8.00. The fourth-order valence-corrected chi connectivity index (χ4v) is 0.340. The van der Waals surface area contributed by atoms with Crippen molar-refractivity contribution >= 4 is 0 Å². The number of hydrogen-bond acceptors (Lipinski definition) is 0. The van der Waals surface area contributed by atoms with Crippen molar-refractivity contribution in [3.8, 4) is 0 Å². The first kappa shape index (κ1) is 43.5. The van der Waals surface area contributed by atoms with Crippen LogP contribution in [-0.4, -0.2) is 0 Å². The Balaban J connectivity index is -0.0000000104. The van der Waals surface area contributed by atoms with E-state index in [4.69, 9.17) is 0 Å².